The maximum atomic E-state index is 12.4. The Hall–Kier alpha value is -2.14. The van der Waals surface area contributed by atoms with Gasteiger partial charge in [-0.2, -0.15) is 8.78 Å². The zero-order chi connectivity index (χ0) is 15.2. The zero-order valence-electron chi connectivity index (χ0n) is 11.6. The highest BCUT2D eigenvalue weighted by Gasteiger charge is 2.14. The number of halogens is 2. The summed E-state index contributed by atoms with van der Waals surface area (Å²) in [6, 6.07) is 13.4. The van der Waals surface area contributed by atoms with Gasteiger partial charge < -0.3 is 15.2 Å². The molecular formula is C16H17F2NO2. The van der Waals surface area contributed by atoms with Crippen LogP contribution in [0.1, 0.15) is 24.1 Å². The summed E-state index contributed by atoms with van der Waals surface area (Å²) < 4.78 is 29.3. The molecule has 0 saturated carbocycles. The van der Waals surface area contributed by atoms with Gasteiger partial charge in [0.1, 0.15) is 11.5 Å². The fraction of sp³-hybridized carbons (Fsp3) is 0.250. The lowest BCUT2D eigenvalue weighted by Gasteiger charge is -2.18. The molecule has 0 aliphatic carbocycles. The summed E-state index contributed by atoms with van der Waals surface area (Å²) in [7, 11) is 0. The Morgan fingerprint density at radius 2 is 1.76 bits per heavy atom. The van der Waals surface area contributed by atoms with Crippen molar-refractivity contribution in [1.82, 2.24) is 5.32 Å². The largest absolute Gasteiger partial charge is 0.508 e. The quantitative estimate of drug-likeness (QED) is 0.850. The molecule has 1 atom stereocenters. The average molecular weight is 293 g/mol. The maximum absolute atomic E-state index is 12.4. The molecule has 0 aliphatic heterocycles. The van der Waals surface area contributed by atoms with E-state index in [9.17, 15) is 13.9 Å². The van der Waals surface area contributed by atoms with Gasteiger partial charge in [-0.3, -0.25) is 0 Å². The van der Waals surface area contributed by atoms with Crippen LogP contribution in [-0.2, 0) is 6.54 Å². The maximum Gasteiger partial charge on any atom is 0.387 e. The minimum atomic E-state index is -2.84. The predicted molar refractivity (Wildman–Crippen MR) is 76.4 cm³/mol. The van der Waals surface area contributed by atoms with E-state index in [1.54, 1.807) is 42.5 Å². The monoisotopic (exact) mass is 293 g/mol. The second-order valence-electron chi connectivity index (χ2n) is 4.69. The first-order chi connectivity index (χ1) is 10.1. The van der Waals surface area contributed by atoms with Crippen molar-refractivity contribution in [3.63, 3.8) is 0 Å². The average Bonchev–Trinajstić information content (AvgIpc) is 2.46. The van der Waals surface area contributed by atoms with Crippen LogP contribution >= 0.6 is 0 Å². The van der Waals surface area contributed by atoms with Gasteiger partial charge in [-0.1, -0.05) is 30.3 Å². The molecule has 0 aliphatic rings. The molecule has 2 rings (SSSR count). The molecule has 0 fully saturated rings. The summed E-state index contributed by atoms with van der Waals surface area (Å²) in [6.45, 7) is -0.395. The van der Waals surface area contributed by atoms with E-state index in [1.807, 2.05) is 6.92 Å². The SMILES string of the molecule is CC(NCc1ccc(O)cc1)c1ccccc1OC(F)F. The van der Waals surface area contributed by atoms with Gasteiger partial charge in [-0.05, 0) is 30.7 Å². The molecule has 2 N–H and O–H groups in total. The highest BCUT2D eigenvalue weighted by atomic mass is 19.3. The van der Waals surface area contributed by atoms with Crippen molar-refractivity contribution in [2.24, 2.45) is 0 Å². The molecule has 112 valence electrons. The summed E-state index contributed by atoms with van der Waals surface area (Å²) >= 11 is 0. The van der Waals surface area contributed by atoms with Crippen molar-refractivity contribution in [2.75, 3.05) is 0 Å². The predicted octanol–water partition coefficient (Wildman–Crippen LogP) is 3.84. The molecule has 1 unspecified atom stereocenters. The van der Waals surface area contributed by atoms with Crippen LogP contribution in [-0.4, -0.2) is 11.7 Å². The molecule has 0 spiro atoms. The van der Waals surface area contributed by atoms with Crippen LogP contribution in [0.5, 0.6) is 11.5 Å². The summed E-state index contributed by atoms with van der Waals surface area (Å²) in [5.41, 5.74) is 1.67. The molecule has 0 radical (unpaired) electrons. The molecule has 0 heterocycles. The lowest BCUT2D eigenvalue weighted by molar-refractivity contribution is -0.0506. The minimum absolute atomic E-state index is 0.145. The normalized spacial score (nSPS) is 12.4. The van der Waals surface area contributed by atoms with E-state index in [1.165, 1.54) is 6.07 Å². The minimum Gasteiger partial charge on any atom is -0.508 e. The van der Waals surface area contributed by atoms with E-state index in [4.69, 9.17) is 0 Å². The van der Waals surface area contributed by atoms with E-state index in [2.05, 4.69) is 10.1 Å². The van der Waals surface area contributed by atoms with Crippen LogP contribution in [0.2, 0.25) is 0 Å². The van der Waals surface area contributed by atoms with Crippen molar-refractivity contribution in [3.8, 4) is 11.5 Å². The fourth-order valence-corrected chi connectivity index (χ4v) is 2.04. The van der Waals surface area contributed by atoms with Crippen LogP contribution < -0.4 is 10.1 Å². The van der Waals surface area contributed by atoms with Gasteiger partial charge in [0, 0.05) is 18.2 Å². The van der Waals surface area contributed by atoms with E-state index in [0.29, 0.717) is 12.1 Å². The van der Waals surface area contributed by atoms with Gasteiger partial charge in [-0.25, -0.2) is 0 Å². The van der Waals surface area contributed by atoms with Gasteiger partial charge in [0.15, 0.2) is 0 Å². The number of nitrogens with one attached hydrogen (secondary N) is 1. The number of alkyl halides is 2. The molecule has 0 amide bonds. The van der Waals surface area contributed by atoms with Crippen LogP contribution in [0, 0.1) is 0 Å². The topological polar surface area (TPSA) is 41.5 Å². The fourth-order valence-electron chi connectivity index (χ4n) is 2.04. The van der Waals surface area contributed by atoms with Gasteiger partial charge in [0.05, 0.1) is 0 Å². The Morgan fingerprint density at radius 1 is 1.10 bits per heavy atom. The summed E-state index contributed by atoms with van der Waals surface area (Å²) in [5, 5.41) is 12.5. The number of rotatable bonds is 6. The third-order valence-electron chi connectivity index (χ3n) is 3.15. The zero-order valence-corrected chi connectivity index (χ0v) is 11.6. The van der Waals surface area contributed by atoms with E-state index in [-0.39, 0.29) is 17.5 Å². The second-order valence-corrected chi connectivity index (χ2v) is 4.69. The Labute approximate surface area is 122 Å². The van der Waals surface area contributed by atoms with Gasteiger partial charge >= 0.3 is 6.61 Å². The second kappa shape index (κ2) is 7.04. The standard InChI is InChI=1S/C16H17F2NO2/c1-11(19-10-12-6-8-13(20)9-7-12)14-4-2-3-5-15(14)21-16(17)18/h2-9,11,16,19-20H,10H2,1H3. The third kappa shape index (κ3) is 4.43. The molecule has 2 aromatic carbocycles. The Bertz CT molecular complexity index is 573. The van der Waals surface area contributed by atoms with Crippen molar-refractivity contribution in [1.29, 1.82) is 0 Å². The van der Waals surface area contributed by atoms with Crippen molar-refractivity contribution in [3.05, 3.63) is 59.7 Å². The van der Waals surface area contributed by atoms with Gasteiger partial charge in [0.2, 0.25) is 0 Å². The lowest BCUT2D eigenvalue weighted by Crippen LogP contribution is -2.19. The van der Waals surface area contributed by atoms with Crippen molar-refractivity contribution in [2.45, 2.75) is 26.1 Å². The first kappa shape index (κ1) is 15.3. The number of aromatic hydroxyl groups is 1. The highest BCUT2D eigenvalue weighted by molar-refractivity contribution is 5.35. The molecular weight excluding hydrogens is 276 g/mol. The number of hydrogen-bond donors (Lipinski definition) is 2. The van der Waals surface area contributed by atoms with E-state index < -0.39 is 6.61 Å². The third-order valence-corrected chi connectivity index (χ3v) is 3.15. The van der Waals surface area contributed by atoms with Crippen LogP contribution in [0.3, 0.4) is 0 Å². The molecule has 21 heavy (non-hydrogen) atoms. The number of hydrogen-bond acceptors (Lipinski definition) is 3. The number of para-hydroxylation sites is 1. The molecule has 0 aromatic heterocycles. The number of benzene rings is 2. The molecule has 3 nitrogen and oxygen atoms in total. The van der Waals surface area contributed by atoms with Crippen molar-refractivity contribution < 1.29 is 18.6 Å². The molecule has 2 aromatic rings. The van der Waals surface area contributed by atoms with Gasteiger partial charge in [0.25, 0.3) is 0 Å². The number of phenols is 1. The van der Waals surface area contributed by atoms with E-state index >= 15 is 0 Å². The number of ether oxygens (including phenoxy) is 1. The van der Waals surface area contributed by atoms with Crippen molar-refractivity contribution >= 4 is 0 Å². The summed E-state index contributed by atoms with van der Waals surface area (Å²) in [4.78, 5) is 0. The molecule has 5 heteroatoms. The smallest absolute Gasteiger partial charge is 0.387 e. The Kier molecular flexibility index (Phi) is 5.11. The summed E-state index contributed by atoms with van der Waals surface area (Å²) in [6.07, 6.45) is 0. The highest BCUT2D eigenvalue weighted by Crippen LogP contribution is 2.26. The lowest BCUT2D eigenvalue weighted by atomic mass is 10.1. The van der Waals surface area contributed by atoms with Crippen LogP contribution in [0.25, 0.3) is 0 Å². The van der Waals surface area contributed by atoms with Crippen LogP contribution in [0.4, 0.5) is 8.78 Å². The Morgan fingerprint density at radius 3 is 2.43 bits per heavy atom. The summed E-state index contributed by atoms with van der Waals surface area (Å²) in [5.74, 6) is 0.390. The molecule has 0 bridgehead atoms. The Balaban J connectivity index is 2.03. The first-order valence-electron chi connectivity index (χ1n) is 6.61. The van der Waals surface area contributed by atoms with E-state index in [0.717, 1.165) is 5.56 Å². The first-order valence-corrected chi connectivity index (χ1v) is 6.61. The number of phenolic OH excluding ortho intramolecular Hbond substituents is 1. The van der Waals surface area contributed by atoms with Crippen LogP contribution in [0.15, 0.2) is 48.5 Å². The van der Waals surface area contributed by atoms with Gasteiger partial charge in [-0.15, -0.1) is 0 Å². The molecule has 0 saturated heterocycles.